The Kier molecular flexibility index (Phi) is 3.18. The van der Waals surface area contributed by atoms with E-state index in [1.54, 1.807) is 7.11 Å². The molecule has 0 amide bonds. The van der Waals surface area contributed by atoms with Gasteiger partial charge >= 0.3 is 0 Å². The minimum Gasteiger partial charge on any atom is -0.481 e. The summed E-state index contributed by atoms with van der Waals surface area (Å²) in [7, 11) is 1.60. The molecule has 1 fully saturated rings. The third kappa shape index (κ3) is 2.11. The second-order valence-electron chi connectivity index (χ2n) is 3.64. The molecule has 0 aromatic carbocycles. The molecule has 4 nitrogen and oxygen atoms in total. The highest BCUT2D eigenvalue weighted by Gasteiger charge is 2.19. The molecule has 4 heteroatoms. The standard InChI is InChI=1S/C11H16N2O2/c1-14-11-8(6-12)5-9(7-13-11)10-3-2-4-15-10/h5,7,10H,2-4,6,12H2,1H3. The summed E-state index contributed by atoms with van der Waals surface area (Å²) in [5.41, 5.74) is 7.67. The van der Waals surface area contributed by atoms with Crippen LogP contribution in [0.15, 0.2) is 12.3 Å². The Bertz CT molecular complexity index is 335. The summed E-state index contributed by atoms with van der Waals surface area (Å²) in [5.74, 6) is 0.610. The van der Waals surface area contributed by atoms with E-state index >= 15 is 0 Å². The molecule has 1 aliphatic rings. The van der Waals surface area contributed by atoms with Gasteiger partial charge < -0.3 is 15.2 Å². The summed E-state index contributed by atoms with van der Waals surface area (Å²) in [4.78, 5) is 4.23. The molecule has 15 heavy (non-hydrogen) atoms. The van der Waals surface area contributed by atoms with Crippen molar-refractivity contribution in [3.05, 3.63) is 23.4 Å². The minimum atomic E-state index is 0.189. The highest BCUT2D eigenvalue weighted by atomic mass is 16.5. The van der Waals surface area contributed by atoms with E-state index < -0.39 is 0 Å². The zero-order valence-corrected chi connectivity index (χ0v) is 8.90. The van der Waals surface area contributed by atoms with E-state index in [0.29, 0.717) is 12.4 Å². The van der Waals surface area contributed by atoms with Gasteiger partial charge in [0.1, 0.15) is 0 Å². The number of hydrogen-bond acceptors (Lipinski definition) is 4. The van der Waals surface area contributed by atoms with E-state index in [4.69, 9.17) is 15.2 Å². The lowest BCUT2D eigenvalue weighted by Gasteiger charge is -2.12. The quantitative estimate of drug-likeness (QED) is 0.815. The fourth-order valence-corrected chi connectivity index (χ4v) is 1.86. The van der Waals surface area contributed by atoms with E-state index in [9.17, 15) is 0 Å². The average molecular weight is 208 g/mol. The van der Waals surface area contributed by atoms with Crippen molar-refractivity contribution >= 4 is 0 Å². The molecule has 1 aromatic heterocycles. The Labute approximate surface area is 89.4 Å². The van der Waals surface area contributed by atoms with Crippen molar-refractivity contribution in [2.24, 2.45) is 5.73 Å². The van der Waals surface area contributed by atoms with Gasteiger partial charge in [-0.1, -0.05) is 0 Å². The first-order chi connectivity index (χ1) is 7.35. The molecule has 1 atom stereocenters. The zero-order valence-electron chi connectivity index (χ0n) is 8.90. The summed E-state index contributed by atoms with van der Waals surface area (Å²) < 4.78 is 10.7. The van der Waals surface area contributed by atoms with Crippen LogP contribution in [0.1, 0.15) is 30.1 Å². The largest absolute Gasteiger partial charge is 0.481 e. The highest BCUT2D eigenvalue weighted by Crippen LogP contribution is 2.29. The van der Waals surface area contributed by atoms with Crippen LogP contribution in [0.25, 0.3) is 0 Å². The predicted octanol–water partition coefficient (Wildman–Crippen LogP) is 1.40. The molecule has 0 aliphatic carbocycles. The molecule has 2 heterocycles. The lowest BCUT2D eigenvalue weighted by atomic mass is 10.1. The normalized spacial score (nSPS) is 20.5. The third-order valence-corrected chi connectivity index (χ3v) is 2.66. The lowest BCUT2D eigenvalue weighted by molar-refractivity contribution is 0.111. The summed E-state index contributed by atoms with van der Waals surface area (Å²) in [5, 5.41) is 0. The topological polar surface area (TPSA) is 57.4 Å². The molecule has 0 bridgehead atoms. The average Bonchev–Trinajstić information content (AvgIpc) is 2.81. The van der Waals surface area contributed by atoms with E-state index in [2.05, 4.69) is 4.98 Å². The highest BCUT2D eigenvalue weighted by molar-refractivity contribution is 5.31. The molecule has 82 valence electrons. The molecule has 2 rings (SSSR count). The maximum atomic E-state index is 5.63. The van der Waals surface area contributed by atoms with Gasteiger partial charge in [-0.2, -0.15) is 0 Å². The molecule has 1 aromatic rings. The van der Waals surface area contributed by atoms with Crippen molar-refractivity contribution in [3.8, 4) is 5.88 Å². The molecule has 2 N–H and O–H groups in total. The molecule has 0 radical (unpaired) electrons. The lowest BCUT2D eigenvalue weighted by Crippen LogP contribution is -2.05. The summed E-state index contributed by atoms with van der Waals surface area (Å²) in [6.45, 7) is 1.28. The summed E-state index contributed by atoms with van der Waals surface area (Å²) >= 11 is 0. The van der Waals surface area contributed by atoms with E-state index in [1.165, 1.54) is 0 Å². The third-order valence-electron chi connectivity index (χ3n) is 2.66. The van der Waals surface area contributed by atoms with Crippen molar-refractivity contribution in [2.75, 3.05) is 13.7 Å². The van der Waals surface area contributed by atoms with E-state index in [0.717, 1.165) is 30.6 Å². The number of methoxy groups -OCH3 is 1. The van der Waals surface area contributed by atoms with Gasteiger partial charge in [0.15, 0.2) is 0 Å². The minimum absolute atomic E-state index is 0.189. The van der Waals surface area contributed by atoms with Gasteiger partial charge in [0.2, 0.25) is 5.88 Å². The molecule has 1 aliphatic heterocycles. The first-order valence-corrected chi connectivity index (χ1v) is 5.19. The Morgan fingerprint density at radius 1 is 1.67 bits per heavy atom. The monoisotopic (exact) mass is 208 g/mol. The Balaban J connectivity index is 2.25. The van der Waals surface area contributed by atoms with Crippen LogP contribution in [-0.4, -0.2) is 18.7 Å². The van der Waals surface area contributed by atoms with Gasteiger partial charge in [0, 0.05) is 24.9 Å². The van der Waals surface area contributed by atoms with Gasteiger partial charge in [0.05, 0.1) is 13.2 Å². The molecular weight excluding hydrogens is 192 g/mol. The fraction of sp³-hybridized carbons (Fsp3) is 0.545. The molecule has 1 saturated heterocycles. The van der Waals surface area contributed by atoms with E-state index in [-0.39, 0.29) is 6.10 Å². The maximum absolute atomic E-state index is 5.63. The maximum Gasteiger partial charge on any atom is 0.217 e. The van der Waals surface area contributed by atoms with Gasteiger partial charge in [0.25, 0.3) is 0 Å². The first-order valence-electron chi connectivity index (χ1n) is 5.19. The van der Waals surface area contributed by atoms with Gasteiger partial charge in [-0.15, -0.1) is 0 Å². The van der Waals surface area contributed by atoms with Crippen molar-refractivity contribution < 1.29 is 9.47 Å². The molecule has 0 spiro atoms. The van der Waals surface area contributed by atoms with Crippen LogP contribution in [0, 0.1) is 0 Å². The number of hydrogen-bond donors (Lipinski definition) is 1. The first kappa shape index (κ1) is 10.4. The van der Waals surface area contributed by atoms with Crippen LogP contribution in [0.2, 0.25) is 0 Å². The van der Waals surface area contributed by atoms with Crippen LogP contribution in [-0.2, 0) is 11.3 Å². The number of aromatic nitrogens is 1. The number of rotatable bonds is 3. The zero-order chi connectivity index (χ0) is 10.7. The molecular formula is C11H16N2O2. The van der Waals surface area contributed by atoms with E-state index in [1.807, 2.05) is 12.3 Å². The van der Waals surface area contributed by atoms with Crippen LogP contribution in [0.5, 0.6) is 5.88 Å². The second-order valence-corrected chi connectivity index (χ2v) is 3.64. The molecule has 0 saturated carbocycles. The van der Waals surface area contributed by atoms with Crippen molar-refractivity contribution in [1.82, 2.24) is 4.98 Å². The Morgan fingerprint density at radius 3 is 3.13 bits per heavy atom. The second kappa shape index (κ2) is 4.59. The Morgan fingerprint density at radius 2 is 2.53 bits per heavy atom. The predicted molar refractivity (Wildman–Crippen MR) is 56.6 cm³/mol. The smallest absolute Gasteiger partial charge is 0.217 e. The summed E-state index contributed by atoms with van der Waals surface area (Å²) in [6, 6.07) is 2.03. The Hall–Kier alpha value is -1.13. The van der Waals surface area contributed by atoms with Crippen LogP contribution < -0.4 is 10.5 Å². The van der Waals surface area contributed by atoms with Crippen molar-refractivity contribution in [3.63, 3.8) is 0 Å². The van der Waals surface area contributed by atoms with Crippen molar-refractivity contribution in [1.29, 1.82) is 0 Å². The summed E-state index contributed by atoms with van der Waals surface area (Å²) in [6.07, 6.45) is 4.19. The number of pyridine rings is 1. The number of ether oxygens (including phenoxy) is 2. The number of nitrogens with two attached hydrogens (primary N) is 1. The SMILES string of the molecule is COc1ncc(C2CCCO2)cc1CN. The van der Waals surface area contributed by atoms with Gasteiger partial charge in [-0.25, -0.2) is 4.98 Å². The van der Waals surface area contributed by atoms with Gasteiger partial charge in [-0.3, -0.25) is 0 Å². The van der Waals surface area contributed by atoms with Crippen LogP contribution in [0.3, 0.4) is 0 Å². The van der Waals surface area contributed by atoms with Crippen molar-refractivity contribution in [2.45, 2.75) is 25.5 Å². The number of nitrogens with zero attached hydrogens (tertiary/aromatic N) is 1. The molecule has 1 unspecified atom stereocenters. The van der Waals surface area contributed by atoms with Gasteiger partial charge in [-0.05, 0) is 24.5 Å². The van der Waals surface area contributed by atoms with Crippen LogP contribution in [0.4, 0.5) is 0 Å². The fourth-order valence-electron chi connectivity index (χ4n) is 1.86. The van der Waals surface area contributed by atoms with Crippen LogP contribution >= 0.6 is 0 Å².